The summed E-state index contributed by atoms with van der Waals surface area (Å²) in [6.07, 6.45) is 7.80. The van der Waals surface area contributed by atoms with Gasteiger partial charge in [0.2, 0.25) is 0 Å². The van der Waals surface area contributed by atoms with Gasteiger partial charge in [0.25, 0.3) is 0 Å². The third-order valence-electron chi connectivity index (χ3n) is 1.83. The van der Waals surface area contributed by atoms with E-state index in [1.54, 1.807) is 0 Å². The Labute approximate surface area is 86.1 Å². The molecule has 0 saturated carbocycles. The molecule has 0 fully saturated rings. The number of hydrogen-bond donors (Lipinski definition) is 0. The van der Waals surface area contributed by atoms with Gasteiger partial charge < -0.3 is 9.47 Å². The van der Waals surface area contributed by atoms with E-state index in [4.69, 9.17) is 4.74 Å². The number of methoxy groups -OCH3 is 1. The molecule has 0 aliphatic heterocycles. The van der Waals surface area contributed by atoms with Crippen LogP contribution in [0.4, 0.5) is 4.79 Å². The zero-order valence-electron chi connectivity index (χ0n) is 9.29. The fourth-order valence-corrected chi connectivity index (χ4v) is 1.04. The molecule has 0 aromatic rings. The Morgan fingerprint density at radius 3 is 2.71 bits per heavy atom. The summed E-state index contributed by atoms with van der Waals surface area (Å²) in [6, 6.07) is 0. The lowest BCUT2D eigenvalue weighted by Crippen LogP contribution is -2.12. The van der Waals surface area contributed by atoms with Crippen LogP contribution in [0.1, 0.15) is 39.5 Å². The van der Waals surface area contributed by atoms with Gasteiger partial charge in [-0.2, -0.15) is 0 Å². The second kappa shape index (κ2) is 8.60. The van der Waals surface area contributed by atoms with Crippen molar-refractivity contribution in [2.75, 3.05) is 7.11 Å². The van der Waals surface area contributed by atoms with Gasteiger partial charge in [-0.3, -0.25) is 0 Å². The number of carbonyl (C=O) groups is 1. The standard InChI is InChI=1S/C11H20O3/c1-4-5-6-7-8-9-10(2)14-11(12)13-3/h8-10H,4-7H2,1-3H3/b9-8+. The number of unbranched alkanes of at least 4 members (excludes halogenated alkanes) is 3. The molecule has 3 heteroatoms. The van der Waals surface area contributed by atoms with Gasteiger partial charge in [0, 0.05) is 0 Å². The highest BCUT2D eigenvalue weighted by Crippen LogP contribution is 2.02. The molecule has 1 atom stereocenters. The van der Waals surface area contributed by atoms with Crippen molar-refractivity contribution in [3.05, 3.63) is 12.2 Å². The largest absolute Gasteiger partial charge is 0.508 e. The fraction of sp³-hybridized carbons (Fsp3) is 0.727. The van der Waals surface area contributed by atoms with Crippen molar-refractivity contribution in [1.82, 2.24) is 0 Å². The molecule has 0 bridgehead atoms. The SMILES string of the molecule is CCCCC/C=C/C(C)OC(=O)OC. The molecule has 0 aliphatic rings. The van der Waals surface area contributed by atoms with Crippen molar-refractivity contribution in [2.45, 2.75) is 45.6 Å². The Morgan fingerprint density at radius 1 is 1.43 bits per heavy atom. The first-order chi connectivity index (χ1) is 6.70. The zero-order chi connectivity index (χ0) is 10.8. The lowest BCUT2D eigenvalue weighted by atomic mass is 10.2. The summed E-state index contributed by atoms with van der Waals surface area (Å²) < 4.78 is 9.23. The molecule has 0 N–H and O–H groups in total. The van der Waals surface area contributed by atoms with Crippen molar-refractivity contribution in [3.8, 4) is 0 Å². The maximum absolute atomic E-state index is 10.7. The molecular weight excluding hydrogens is 180 g/mol. The molecule has 0 heterocycles. The summed E-state index contributed by atoms with van der Waals surface area (Å²) in [4.78, 5) is 10.7. The maximum atomic E-state index is 10.7. The average Bonchev–Trinajstić information content (AvgIpc) is 2.17. The summed E-state index contributed by atoms with van der Waals surface area (Å²) >= 11 is 0. The van der Waals surface area contributed by atoms with Crippen LogP contribution in [0.5, 0.6) is 0 Å². The first kappa shape index (κ1) is 13.0. The third kappa shape index (κ3) is 7.65. The van der Waals surface area contributed by atoms with Gasteiger partial charge in [-0.25, -0.2) is 4.79 Å². The Morgan fingerprint density at radius 2 is 2.14 bits per heavy atom. The highest BCUT2D eigenvalue weighted by molar-refractivity contribution is 5.59. The number of carbonyl (C=O) groups excluding carboxylic acids is 1. The zero-order valence-corrected chi connectivity index (χ0v) is 9.29. The van der Waals surface area contributed by atoms with Crippen LogP contribution < -0.4 is 0 Å². The van der Waals surface area contributed by atoms with Crippen molar-refractivity contribution >= 4 is 6.16 Å². The van der Waals surface area contributed by atoms with Gasteiger partial charge in [-0.1, -0.05) is 25.8 Å². The molecule has 0 saturated heterocycles. The second-order valence-corrected chi connectivity index (χ2v) is 3.20. The van der Waals surface area contributed by atoms with E-state index in [9.17, 15) is 4.79 Å². The van der Waals surface area contributed by atoms with Crippen LogP contribution in [0.15, 0.2) is 12.2 Å². The molecule has 0 rings (SSSR count). The number of allylic oxidation sites excluding steroid dienone is 1. The topological polar surface area (TPSA) is 35.5 Å². The van der Waals surface area contributed by atoms with Crippen LogP contribution >= 0.6 is 0 Å². The van der Waals surface area contributed by atoms with Crippen LogP contribution in [-0.2, 0) is 9.47 Å². The van der Waals surface area contributed by atoms with Crippen LogP contribution in [0.25, 0.3) is 0 Å². The molecule has 14 heavy (non-hydrogen) atoms. The smallest absolute Gasteiger partial charge is 0.438 e. The van der Waals surface area contributed by atoms with E-state index in [0.717, 1.165) is 6.42 Å². The van der Waals surface area contributed by atoms with E-state index in [0.29, 0.717) is 0 Å². The number of ether oxygens (including phenoxy) is 2. The Hall–Kier alpha value is -0.990. The average molecular weight is 200 g/mol. The van der Waals surface area contributed by atoms with Gasteiger partial charge in [0.1, 0.15) is 6.10 Å². The number of hydrogen-bond acceptors (Lipinski definition) is 3. The molecule has 0 aromatic heterocycles. The molecular formula is C11H20O3. The second-order valence-electron chi connectivity index (χ2n) is 3.20. The van der Waals surface area contributed by atoms with Crippen LogP contribution in [-0.4, -0.2) is 19.4 Å². The predicted molar refractivity (Wildman–Crippen MR) is 56.2 cm³/mol. The van der Waals surface area contributed by atoms with Crippen LogP contribution in [0, 0.1) is 0 Å². The molecule has 0 aliphatic carbocycles. The highest BCUT2D eigenvalue weighted by Gasteiger charge is 2.04. The van der Waals surface area contributed by atoms with Crippen molar-refractivity contribution in [3.63, 3.8) is 0 Å². The highest BCUT2D eigenvalue weighted by atomic mass is 16.7. The van der Waals surface area contributed by atoms with E-state index >= 15 is 0 Å². The monoisotopic (exact) mass is 200 g/mol. The van der Waals surface area contributed by atoms with E-state index in [1.807, 2.05) is 19.1 Å². The molecule has 82 valence electrons. The summed E-state index contributed by atoms with van der Waals surface area (Å²) in [5, 5.41) is 0. The normalized spacial score (nSPS) is 12.8. The van der Waals surface area contributed by atoms with Gasteiger partial charge >= 0.3 is 6.16 Å². The van der Waals surface area contributed by atoms with E-state index in [2.05, 4.69) is 11.7 Å². The van der Waals surface area contributed by atoms with Crippen molar-refractivity contribution < 1.29 is 14.3 Å². The Kier molecular flexibility index (Phi) is 7.99. The summed E-state index contributed by atoms with van der Waals surface area (Å²) in [5.41, 5.74) is 0. The number of rotatable bonds is 6. The predicted octanol–water partition coefficient (Wildman–Crippen LogP) is 3.29. The molecule has 3 nitrogen and oxygen atoms in total. The van der Waals surface area contributed by atoms with Crippen molar-refractivity contribution in [1.29, 1.82) is 0 Å². The first-order valence-electron chi connectivity index (χ1n) is 5.12. The Bertz CT molecular complexity index is 175. The minimum absolute atomic E-state index is 0.205. The van der Waals surface area contributed by atoms with E-state index in [-0.39, 0.29) is 6.10 Å². The van der Waals surface area contributed by atoms with E-state index < -0.39 is 6.16 Å². The minimum Gasteiger partial charge on any atom is -0.438 e. The van der Waals surface area contributed by atoms with Gasteiger partial charge in [0.05, 0.1) is 7.11 Å². The van der Waals surface area contributed by atoms with Crippen LogP contribution in [0.3, 0.4) is 0 Å². The Balaban J connectivity index is 3.50. The molecule has 0 radical (unpaired) electrons. The third-order valence-corrected chi connectivity index (χ3v) is 1.83. The summed E-state index contributed by atoms with van der Waals surface area (Å²) in [5.74, 6) is 0. The fourth-order valence-electron chi connectivity index (χ4n) is 1.04. The summed E-state index contributed by atoms with van der Waals surface area (Å²) in [6.45, 7) is 3.99. The van der Waals surface area contributed by atoms with Gasteiger partial charge in [0.15, 0.2) is 0 Å². The summed E-state index contributed by atoms with van der Waals surface area (Å²) in [7, 11) is 1.31. The maximum Gasteiger partial charge on any atom is 0.508 e. The molecule has 0 spiro atoms. The first-order valence-corrected chi connectivity index (χ1v) is 5.12. The van der Waals surface area contributed by atoms with Gasteiger partial charge in [-0.15, -0.1) is 0 Å². The van der Waals surface area contributed by atoms with Crippen LogP contribution in [0.2, 0.25) is 0 Å². The van der Waals surface area contributed by atoms with Crippen molar-refractivity contribution in [2.24, 2.45) is 0 Å². The quantitative estimate of drug-likeness (QED) is 0.375. The lowest BCUT2D eigenvalue weighted by Gasteiger charge is -2.06. The minimum atomic E-state index is -0.629. The molecule has 1 unspecified atom stereocenters. The molecule has 0 amide bonds. The molecule has 0 aromatic carbocycles. The lowest BCUT2D eigenvalue weighted by molar-refractivity contribution is 0.0578. The van der Waals surface area contributed by atoms with Gasteiger partial charge in [-0.05, 0) is 25.8 Å². The van der Waals surface area contributed by atoms with E-state index in [1.165, 1.54) is 26.4 Å².